The number of nitrogens with zero attached hydrogens (tertiary/aromatic N) is 1. The summed E-state index contributed by atoms with van der Waals surface area (Å²) >= 11 is 6.43. The SMILES string of the molecule is CCC(C)(C)N(C)c1c(Cl)cccc1CNCCOC. The average molecular weight is 299 g/mol. The number of benzene rings is 1. The van der Waals surface area contributed by atoms with E-state index in [9.17, 15) is 0 Å². The number of hydrogen-bond donors (Lipinski definition) is 1. The first kappa shape index (κ1) is 17.3. The predicted octanol–water partition coefficient (Wildman–Crippen LogP) is 3.70. The van der Waals surface area contributed by atoms with Crippen molar-refractivity contribution in [2.45, 2.75) is 39.3 Å². The largest absolute Gasteiger partial charge is 0.383 e. The topological polar surface area (TPSA) is 24.5 Å². The van der Waals surface area contributed by atoms with Gasteiger partial charge in [0.05, 0.1) is 17.3 Å². The molecule has 0 aliphatic heterocycles. The molecule has 1 rings (SSSR count). The Bertz CT molecular complexity index is 421. The molecule has 0 aliphatic carbocycles. The van der Waals surface area contributed by atoms with Crippen molar-refractivity contribution >= 4 is 17.3 Å². The van der Waals surface area contributed by atoms with Crippen molar-refractivity contribution in [2.24, 2.45) is 0 Å². The predicted molar refractivity (Wildman–Crippen MR) is 87.8 cm³/mol. The number of hydrogen-bond acceptors (Lipinski definition) is 3. The van der Waals surface area contributed by atoms with Gasteiger partial charge in [0.25, 0.3) is 0 Å². The van der Waals surface area contributed by atoms with E-state index >= 15 is 0 Å². The summed E-state index contributed by atoms with van der Waals surface area (Å²) in [5.41, 5.74) is 2.41. The van der Waals surface area contributed by atoms with Crippen LogP contribution < -0.4 is 10.2 Å². The van der Waals surface area contributed by atoms with Crippen LogP contribution in [-0.2, 0) is 11.3 Å². The van der Waals surface area contributed by atoms with Crippen LogP contribution in [0.25, 0.3) is 0 Å². The molecule has 0 atom stereocenters. The molecule has 0 saturated heterocycles. The summed E-state index contributed by atoms with van der Waals surface area (Å²) in [6, 6.07) is 6.09. The summed E-state index contributed by atoms with van der Waals surface area (Å²) < 4.78 is 5.05. The maximum absolute atomic E-state index is 6.43. The Kier molecular flexibility index (Phi) is 6.80. The zero-order chi connectivity index (χ0) is 15.2. The summed E-state index contributed by atoms with van der Waals surface area (Å²) in [7, 11) is 3.83. The molecule has 0 amide bonds. The number of rotatable bonds is 8. The Labute approximate surface area is 128 Å². The Balaban J connectivity index is 2.93. The highest BCUT2D eigenvalue weighted by molar-refractivity contribution is 6.33. The first-order valence-electron chi connectivity index (χ1n) is 7.15. The minimum Gasteiger partial charge on any atom is -0.383 e. The number of nitrogens with one attached hydrogen (secondary N) is 1. The molecule has 0 spiro atoms. The fraction of sp³-hybridized carbons (Fsp3) is 0.625. The van der Waals surface area contributed by atoms with Crippen molar-refractivity contribution in [1.82, 2.24) is 5.32 Å². The maximum Gasteiger partial charge on any atom is 0.0642 e. The van der Waals surface area contributed by atoms with Gasteiger partial charge in [0.1, 0.15) is 0 Å². The second kappa shape index (κ2) is 7.87. The molecule has 20 heavy (non-hydrogen) atoms. The van der Waals surface area contributed by atoms with E-state index in [0.717, 1.165) is 30.2 Å². The van der Waals surface area contributed by atoms with E-state index in [1.54, 1.807) is 7.11 Å². The first-order chi connectivity index (χ1) is 9.44. The van der Waals surface area contributed by atoms with Gasteiger partial charge in [-0.3, -0.25) is 0 Å². The second-order valence-electron chi connectivity index (χ2n) is 5.64. The molecule has 0 fully saturated rings. The van der Waals surface area contributed by atoms with Gasteiger partial charge in [0, 0.05) is 32.8 Å². The number of para-hydroxylation sites is 1. The van der Waals surface area contributed by atoms with Crippen LogP contribution in [-0.4, -0.2) is 32.8 Å². The highest BCUT2D eigenvalue weighted by atomic mass is 35.5. The van der Waals surface area contributed by atoms with Gasteiger partial charge in [0.2, 0.25) is 0 Å². The summed E-state index contributed by atoms with van der Waals surface area (Å²) in [5, 5.41) is 4.19. The van der Waals surface area contributed by atoms with Crippen LogP contribution in [0.15, 0.2) is 18.2 Å². The van der Waals surface area contributed by atoms with Crippen molar-refractivity contribution < 1.29 is 4.74 Å². The van der Waals surface area contributed by atoms with Crippen LogP contribution in [0.4, 0.5) is 5.69 Å². The van der Waals surface area contributed by atoms with Gasteiger partial charge >= 0.3 is 0 Å². The molecule has 0 radical (unpaired) electrons. The van der Waals surface area contributed by atoms with Crippen molar-refractivity contribution in [3.8, 4) is 0 Å². The van der Waals surface area contributed by atoms with E-state index in [1.165, 1.54) is 5.56 Å². The fourth-order valence-corrected chi connectivity index (χ4v) is 2.34. The van der Waals surface area contributed by atoms with Crippen LogP contribution in [0.3, 0.4) is 0 Å². The zero-order valence-corrected chi connectivity index (χ0v) is 14.0. The number of anilines is 1. The molecule has 0 heterocycles. The smallest absolute Gasteiger partial charge is 0.0642 e. The molecule has 0 saturated carbocycles. The van der Waals surface area contributed by atoms with Crippen LogP contribution in [0.2, 0.25) is 5.02 Å². The van der Waals surface area contributed by atoms with Crippen molar-refractivity contribution in [1.29, 1.82) is 0 Å². The molecule has 4 heteroatoms. The van der Waals surface area contributed by atoms with Crippen LogP contribution in [0, 0.1) is 0 Å². The molecule has 0 aliphatic rings. The molecule has 0 unspecified atom stereocenters. The van der Waals surface area contributed by atoms with E-state index in [1.807, 2.05) is 12.1 Å². The molecule has 0 bridgehead atoms. The number of halogens is 1. The van der Waals surface area contributed by atoms with E-state index in [0.29, 0.717) is 6.61 Å². The van der Waals surface area contributed by atoms with Gasteiger partial charge in [-0.05, 0) is 31.9 Å². The fourth-order valence-electron chi connectivity index (χ4n) is 2.02. The first-order valence-corrected chi connectivity index (χ1v) is 7.52. The number of ether oxygens (including phenoxy) is 1. The van der Waals surface area contributed by atoms with Crippen LogP contribution in [0.5, 0.6) is 0 Å². The highest BCUT2D eigenvalue weighted by Crippen LogP contribution is 2.34. The van der Waals surface area contributed by atoms with Crippen molar-refractivity contribution in [3.63, 3.8) is 0 Å². The van der Waals surface area contributed by atoms with E-state index in [2.05, 4.69) is 44.1 Å². The average Bonchev–Trinajstić information content (AvgIpc) is 2.43. The molecule has 1 aromatic rings. The molecule has 114 valence electrons. The summed E-state index contributed by atoms with van der Waals surface area (Å²) in [6.07, 6.45) is 1.06. The third-order valence-electron chi connectivity index (χ3n) is 3.98. The highest BCUT2D eigenvalue weighted by Gasteiger charge is 2.24. The maximum atomic E-state index is 6.43. The molecular formula is C16H27ClN2O. The standard InChI is InChI=1S/C16H27ClN2O/c1-6-16(2,3)19(4)15-13(8-7-9-14(15)17)12-18-10-11-20-5/h7-9,18H,6,10-12H2,1-5H3. The summed E-state index contributed by atoms with van der Waals surface area (Å²) in [4.78, 5) is 2.28. The quantitative estimate of drug-likeness (QED) is 0.741. The third-order valence-corrected chi connectivity index (χ3v) is 4.28. The Morgan fingerprint density at radius 3 is 2.65 bits per heavy atom. The van der Waals surface area contributed by atoms with Crippen molar-refractivity contribution in [2.75, 3.05) is 32.2 Å². The van der Waals surface area contributed by atoms with Crippen molar-refractivity contribution in [3.05, 3.63) is 28.8 Å². The summed E-state index contributed by atoms with van der Waals surface area (Å²) in [5.74, 6) is 0. The Morgan fingerprint density at radius 2 is 2.05 bits per heavy atom. The van der Waals surface area contributed by atoms with Gasteiger partial charge < -0.3 is 15.0 Å². The lowest BCUT2D eigenvalue weighted by molar-refractivity contribution is 0.199. The molecule has 1 aromatic carbocycles. The van der Waals surface area contributed by atoms with E-state index in [4.69, 9.17) is 16.3 Å². The normalized spacial score (nSPS) is 11.7. The monoisotopic (exact) mass is 298 g/mol. The molecule has 0 aromatic heterocycles. The summed E-state index contributed by atoms with van der Waals surface area (Å²) in [6.45, 7) is 9.01. The number of methoxy groups -OCH3 is 1. The third kappa shape index (κ3) is 4.37. The van der Waals surface area contributed by atoms with Gasteiger partial charge in [-0.15, -0.1) is 0 Å². The zero-order valence-electron chi connectivity index (χ0n) is 13.3. The lowest BCUT2D eigenvalue weighted by Gasteiger charge is -2.38. The Morgan fingerprint density at radius 1 is 1.35 bits per heavy atom. The second-order valence-corrected chi connectivity index (χ2v) is 6.05. The van der Waals surface area contributed by atoms with Gasteiger partial charge in [-0.25, -0.2) is 0 Å². The van der Waals surface area contributed by atoms with Crippen LogP contribution in [0.1, 0.15) is 32.8 Å². The minimum absolute atomic E-state index is 0.0757. The lowest BCUT2D eigenvalue weighted by atomic mass is 9.98. The van der Waals surface area contributed by atoms with Crippen LogP contribution >= 0.6 is 11.6 Å². The van der Waals surface area contributed by atoms with Gasteiger partial charge in [-0.1, -0.05) is 30.7 Å². The minimum atomic E-state index is 0.0757. The van der Waals surface area contributed by atoms with E-state index in [-0.39, 0.29) is 5.54 Å². The van der Waals surface area contributed by atoms with E-state index < -0.39 is 0 Å². The Hall–Kier alpha value is -0.770. The molecule has 1 N–H and O–H groups in total. The van der Waals surface area contributed by atoms with Gasteiger partial charge in [-0.2, -0.15) is 0 Å². The lowest BCUT2D eigenvalue weighted by Crippen LogP contribution is -2.41. The molecular weight excluding hydrogens is 272 g/mol. The molecule has 3 nitrogen and oxygen atoms in total. The van der Waals surface area contributed by atoms with Gasteiger partial charge in [0.15, 0.2) is 0 Å².